The Morgan fingerprint density at radius 2 is 1.96 bits per heavy atom. The summed E-state index contributed by atoms with van der Waals surface area (Å²) < 4.78 is 11.3. The fraction of sp³-hybridized carbons (Fsp3) is 0.667. The molecule has 1 aromatic carbocycles. The van der Waals surface area contributed by atoms with Crippen LogP contribution >= 0.6 is 0 Å². The van der Waals surface area contributed by atoms with Gasteiger partial charge in [0.25, 0.3) is 0 Å². The van der Waals surface area contributed by atoms with Crippen molar-refractivity contribution in [3.05, 3.63) is 23.8 Å². The Balaban J connectivity index is 1.94. The summed E-state index contributed by atoms with van der Waals surface area (Å²) >= 11 is 0. The van der Waals surface area contributed by atoms with E-state index in [1.165, 1.54) is 12.8 Å². The molecular weight excluding hydrogens is 328 g/mol. The highest BCUT2D eigenvalue weighted by molar-refractivity contribution is 5.76. The summed E-state index contributed by atoms with van der Waals surface area (Å²) in [6.07, 6.45) is 3.00. The topological polar surface area (TPSA) is 59.6 Å². The third-order valence-electron chi connectivity index (χ3n) is 5.09. The maximum atomic E-state index is 12.5. The molecule has 3 atom stereocenters. The standard InChI is InChI=1S/C21H34N2O3/c1-5-25-19-10-9-17(13-20(19)26-6-2)16(4)23-21(24)12-15(3)18-8-7-11-22-14-18/h9-10,13,15-16,18,22H,5-8,11-12,14H2,1-4H3,(H,23,24). The molecule has 1 saturated heterocycles. The zero-order valence-corrected chi connectivity index (χ0v) is 16.6. The number of ether oxygens (including phenoxy) is 2. The Hall–Kier alpha value is -1.75. The minimum atomic E-state index is -0.0611. The van der Waals surface area contributed by atoms with E-state index >= 15 is 0 Å². The van der Waals surface area contributed by atoms with E-state index < -0.39 is 0 Å². The van der Waals surface area contributed by atoms with E-state index in [-0.39, 0.29) is 11.9 Å². The van der Waals surface area contributed by atoms with Crippen LogP contribution in [0.4, 0.5) is 0 Å². The van der Waals surface area contributed by atoms with E-state index in [1.807, 2.05) is 39.0 Å². The molecule has 0 aliphatic carbocycles. The first kappa shape index (κ1) is 20.6. The van der Waals surface area contributed by atoms with Crippen LogP contribution in [0.3, 0.4) is 0 Å². The minimum absolute atomic E-state index is 0.0611. The molecule has 3 unspecified atom stereocenters. The van der Waals surface area contributed by atoms with Crippen LogP contribution in [-0.2, 0) is 4.79 Å². The fourth-order valence-electron chi connectivity index (χ4n) is 3.54. The first-order chi connectivity index (χ1) is 12.5. The molecule has 26 heavy (non-hydrogen) atoms. The van der Waals surface area contributed by atoms with Gasteiger partial charge in [-0.05, 0) is 76.2 Å². The number of carbonyl (C=O) groups is 1. The molecule has 1 aliphatic rings. The van der Waals surface area contributed by atoms with Crippen LogP contribution in [0.1, 0.15) is 58.6 Å². The van der Waals surface area contributed by atoms with Crippen LogP contribution < -0.4 is 20.1 Å². The summed E-state index contributed by atoms with van der Waals surface area (Å²) in [6, 6.07) is 5.82. The SMILES string of the molecule is CCOc1ccc(C(C)NC(=O)CC(C)C2CCCNC2)cc1OCC. The molecule has 5 nitrogen and oxygen atoms in total. The van der Waals surface area contributed by atoms with E-state index in [9.17, 15) is 4.79 Å². The molecule has 1 fully saturated rings. The number of hydrogen-bond donors (Lipinski definition) is 2. The molecule has 1 heterocycles. The lowest BCUT2D eigenvalue weighted by Gasteiger charge is -2.28. The Labute approximate surface area is 157 Å². The zero-order chi connectivity index (χ0) is 18.9. The Kier molecular flexibility index (Phi) is 8.23. The normalized spacial score (nSPS) is 19.5. The molecule has 1 amide bonds. The molecule has 1 aromatic rings. The average Bonchev–Trinajstić information content (AvgIpc) is 2.64. The second kappa shape index (κ2) is 10.4. The lowest BCUT2D eigenvalue weighted by atomic mass is 9.85. The summed E-state index contributed by atoms with van der Waals surface area (Å²) in [5, 5.41) is 6.56. The van der Waals surface area contributed by atoms with Gasteiger partial charge in [0.1, 0.15) is 0 Å². The number of benzene rings is 1. The third-order valence-corrected chi connectivity index (χ3v) is 5.09. The van der Waals surface area contributed by atoms with Crippen LogP contribution in [0.25, 0.3) is 0 Å². The van der Waals surface area contributed by atoms with Crippen LogP contribution in [0, 0.1) is 11.8 Å². The first-order valence-electron chi connectivity index (χ1n) is 9.94. The molecule has 1 aliphatic heterocycles. The highest BCUT2D eigenvalue weighted by Gasteiger charge is 2.23. The summed E-state index contributed by atoms with van der Waals surface area (Å²) in [4.78, 5) is 12.5. The zero-order valence-electron chi connectivity index (χ0n) is 16.6. The monoisotopic (exact) mass is 362 g/mol. The van der Waals surface area contributed by atoms with Crippen molar-refractivity contribution in [3.63, 3.8) is 0 Å². The lowest BCUT2D eigenvalue weighted by molar-refractivity contribution is -0.123. The largest absolute Gasteiger partial charge is 0.490 e. The van der Waals surface area contributed by atoms with E-state index in [0.717, 1.165) is 30.2 Å². The third kappa shape index (κ3) is 5.90. The van der Waals surface area contributed by atoms with Crippen LogP contribution in [0.5, 0.6) is 11.5 Å². The number of piperidine rings is 1. The van der Waals surface area contributed by atoms with E-state index in [4.69, 9.17) is 9.47 Å². The van der Waals surface area contributed by atoms with Crippen molar-refractivity contribution >= 4 is 5.91 Å². The van der Waals surface area contributed by atoms with Gasteiger partial charge in [-0.25, -0.2) is 0 Å². The number of hydrogen-bond acceptors (Lipinski definition) is 4. The quantitative estimate of drug-likeness (QED) is 0.703. The number of carbonyl (C=O) groups excluding carboxylic acids is 1. The Morgan fingerprint density at radius 1 is 1.23 bits per heavy atom. The summed E-state index contributed by atoms with van der Waals surface area (Å²) in [6.45, 7) is 11.4. The first-order valence-corrected chi connectivity index (χ1v) is 9.94. The highest BCUT2D eigenvalue weighted by Crippen LogP contribution is 2.31. The molecule has 0 radical (unpaired) electrons. The van der Waals surface area contributed by atoms with Crippen molar-refractivity contribution in [2.24, 2.45) is 11.8 Å². The summed E-state index contributed by atoms with van der Waals surface area (Å²) in [5.41, 5.74) is 1.03. The number of rotatable bonds is 9. The van der Waals surface area contributed by atoms with Gasteiger partial charge in [0.15, 0.2) is 11.5 Å². The predicted octanol–water partition coefficient (Wildman–Crippen LogP) is 3.69. The molecule has 146 valence electrons. The van der Waals surface area contributed by atoms with Gasteiger partial charge in [0, 0.05) is 6.42 Å². The van der Waals surface area contributed by atoms with Crippen molar-refractivity contribution in [2.45, 2.75) is 53.0 Å². The van der Waals surface area contributed by atoms with Gasteiger partial charge in [0.2, 0.25) is 5.91 Å². The highest BCUT2D eigenvalue weighted by atomic mass is 16.5. The molecule has 0 saturated carbocycles. The van der Waals surface area contributed by atoms with Gasteiger partial charge >= 0.3 is 0 Å². The molecule has 5 heteroatoms. The molecular formula is C21H34N2O3. The van der Waals surface area contributed by atoms with E-state index in [2.05, 4.69) is 17.6 Å². The van der Waals surface area contributed by atoms with Crippen molar-refractivity contribution in [1.29, 1.82) is 0 Å². The molecule has 0 aromatic heterocycles. The minimum Gasteiger partial charge on any atom is -0.490 e. The predicted molar refractivity (Wildman–Crippen MR) is 105 cm³/mol. The van der Waals surface area contributed by atoms with Gasteiger partial charge in [-0.2, -0.15) is 0 Å². The smallest absolute Gasteiger partial charge is 0.220 e. The van der Waals surface area contributed by atoms with E-state index in [0.29, 0.717) is 31.5 Å². The number of nitrogens with one attached hydrogen (secondary N) is 2. The Morgan fingerprint density at radius 3 is 2.62 bits per heavy atom. The Bertz CT molecular complexity index is 570. The molecule has 0 spiro atoms. The second-order valence-corrected chi connectivity index (χ2v) is 7.15. The molecule has 2 N–H and O–H groups in total. The maximum Gasteiger partial charge on any atom is 0.220 e. The lowest BCUT2D eigenvalue weighted by Crippen LogP contribution is -2.36. The average molecular weight is 363 g/mol. The van der Waals surface area contributed by atoms with Gasteiger partial charge in [0.05, 0.1) is 19.3 Å². The van der Waals surface area contributed by atoms with Crippen molar-refractivity contribution in [3.8, 4) is 11.5 Å². The van der Waals surface area contributed by atoms with Crippen molar-refractivity contribution in [1.82, 2.24) is 10.6 Å². The van der Waals surface area contributed by atoms with Gasteiger partial charge < -0.3 is 20.1 Å². The fourth-order valence-corrected chi connectivity index (χ4v) is 3.54. The number of amides is 1. The van der Waals surface area contributed by atoms with Gasteiger partial charge in [-0.3, -0.25) is 4.79 Å². The molecule has 0 bridgehead atoms. The summed E-state index contributed by atoms with van der Waals surface area (Å²) in [5.74, 6) is 2.58. The van der Waals surface area contributed by atoms with Crippen molar-refractivity contribution < 1.29 is 14.3 Å². The second-order valence-electron chi connectivity index (χ2n) is 7.15. The van der Waals surface area contributed by atoms with Crippen LogP contribution in [-0.4, -0.2) is 32.2 Å². The summed E-state index contributed by atoms with van der Waals surface area (Å²) in [7, 11) is 0. The molecule has 2 rings (SSSR count). The van der Waals surface area contributed by atoms with E-state index in [1.54, 1.807) is 0 Å². The van der Waals surface area contributed by atoms with Gasteiger partial charge in [-0.1, -0.05) is 13.0 Å². The van der Waals surface area contributed by atoms with Crippen molar-refractivity contribution in [2.75, 3.05) is 26.3 Å². The van der Waals surface area contributed by atoms with Gasteiger partial charge in [-0.15, -0.1) is 0 Å². The maximum absolute atomic E-state index is 12.5. The van der Waals surface area contributed by atoms with Crippen LogP contribution in [0.15, 0.2) is 18.2 Å². The van der Waals surface area contributed by atoms with Crippen LogP contribution in [0.2, 0.25) is 0 Å².